The maximum Gasteiger partial charge on any atom is 0.410 e. The monoisotopic (exact) mass is 383 g/mol. The maximum atomic E-state index is 12.4. The van der Waals surface area contributed by atoms with Crippen molar-refractivity contribution in [2.45, 2.75) is 69.9 Å². The van der Waals surface area contributed by atoms with E-state index in [0.717, 1.165) is 57.3 Å². The summed E-state index contributed by atoms with van der Waals surface area (Å²) >= 11 is 0. The van der Waals surface area contributed by atoms with Gasteiger partial charge in [0.25, 0.3) is 0 Å². The van der Waals surface area contributed by atoms with Crippen molar-refractivity contribution in [1.82, 2.24) is 9.80 Å². The number of rotatable bonds is 2. The van der Waals surface area contributed by atoms with Crippen molar-refractivity contribution in [1.29, 1.82) is 5.26 Å². The zero-order valence-electron chi connectivity index (χ0n) is 17.5. The van der Waals surface area contributed by atoms with Gasteiger partial charge in [-0.1, -0.05) is 30.3 Å². The molecule has 1 aromatic carbocycles. The van der Waals surface area contributed by atoms with Gasteiger partial charge >= 0.3 is 6.09 Å². The van der Waals surface area contributed by atoms with Crippen molar-refractivity contribution in [2.24, 2.45) is 0 Å². The van der Waals surface area contributed by atoms with Gasteiger partial charge in [0, 0.05) is 32.2 Å². The van der Waals surface area contributed by atoms with Gasteiger partial charge in [0.2, 0.25) is 0 Å². The zero-order chi connectivity index (χ0) is 20.2. The number of nitriles is 1. The summed E-state index contributed by atoms with van der Waals surface area (Å²) in [5.74, 6) is 0. The quantitative estimate of drug-likeness (QED) is 0.763. The highest BCUT2D eigenvalue weighted by Crippen LogP contribution is 2.40. The second kappa shape index (κ2) is 8.53. The van der Waals surface area contributed by atoms with Crippen LogP contribution in [0.25, 0.3) is 0 Å². The van der Waals surface area contributed by atoms with Crippen LogP contribution in [0.15, 0.2) is 30.3 Å². The van der Waals surface area contributed by atoms with Crippen molar-refractivity contribution in [3.8, 4) is 6.07 Å². The number of carbonyl (C=O) groups is 1. The molecule has 3 rings (SSSR count). The van der Waals surface area contributed by atoms with Gasteiger partial charge in [0.1, 0.15) is 5.60 Å². The van der Waals surface area contributed by atoms with E-state index in [1.165, 1.54) is 0 Å². The molecule has 5 heteroatoms. The topological polar surface area (TPSA) is 56.6 Å². The average molecular weight is 384 g/mol. The molecule has 0 N–H and O–H groups in total. The van der Waals surface area contributed by atoms with Crippen LogP contribution >= 0.6 is 0 Å². The molecule has 0 aromatic heterocycles. The van der Waals surface area contributed by atoms with Crippen molar-refractivity contribution in [2.75, 3.05) is 26.2 Å². The first-order valence-electron chi connectivity index (χ1n) is 10.5. The largest absolute Gasteiger partial charge is 0.444 e. The Morgan fingerprint density at radius 2 is 1.79 bits per heavy atom. The van der Waals surface area contributed by atoms with Crippen LogP contribution in [0.2, 0.25) is 0 Å². The van der Waals surface area contributed by atoms with Crippen LogP contribution in [-0.4, -0.2) is 53.7 Å². The third kappa shape index (κ3) is 4.86. The Bertz CT molecular complexity index is 697. The van der Waals surface area contributed by atoms with Gasteiger partial charge in [-0.2, -0.15) is 5.26 Å². The van der Waals surface area contributed by atoms with Crippen LogP contribution in [0.3, 0.4) is 0 Å². The SMILES string of the molecule is CC(C)(C)OC(=O)N1CCCN(C2CCC(C#N)(c3ccccc3)CC2)CC1. The lowest BCUT2D eigenvalue weighted by Gasteiger charge is -2.40. The van der Waals surface area contributed by atoms with Crippen LogP contribution in [0.4, 0.5) is 4.79 Å². The van der Waals surface area contributed by atoms with E-state index in [0.29, 0.717) is 12.6 Å². The van der Waals surface area contributed by atoms with E-state index in [-0.39, 0.29) is 11.5 Å². The van der Waals surface area contributed by atoms with E-state index in [9.17, 15) is 10.1 Å². The highest BCUT2D eigenvalue weighted by molar-refractivity contribution is 5.68. The molecule has 152 valence electrons. The zero-order valence-corrected chi connectivity index (χ0v) is 17.5. The number of hydrogen-bond donors (Lipinski definition) is 0. The van der Waals surface area contributed by atoms with E-state index in [4.69, 9.17) is 4.74 Å². The number of nitrogens with zero attached hydrogens (tertiary/aromatic N) is 3. The number of carbonyl (C=O) groups excluding carboxylic acids is 1. The number of benzene rings is 1. The Morgan fingerprint density at radius 1 is 1.11 bits per heavy atom. The van der Waals surface area contributed by atoms with Gasteiger partial charge in [-0.15, -0.1) is 0 Å². The van der Waals surface area contributed by atoms with E-state index in [1.807, 2.05) is 43.9 Å². The molecule has 1 saturated carbocycles. The third-order valence-electron chi connectivity index (χ3n) is 6.05. The predicted molar refractivity (Wildman–Crippen MR) is 110 cm³/mol. The average Bonchev–Trinajstić information content (AvgIpc) is 2.94. The Hall–Kier alpha value is -2.06. The van der Waals surface area contributed by atoms with E-state index < -0.39 is 5.60 Å². The normalized spacial score (nSPS) is 26.9. The molecule has 0 spiro atoms. The van der Waals surface area contributed by atoms with Crippen LogP contribution in [0.5, 0.6) is 0 Å². The van der Waals surface area contributed by atoms with Gasteiger partial charge < -0.3 is 9.64 Å². The Labute approximate surface area is 169 Å². The molecule has 0 unspecified atom stereocenters. The molecular formula is C23H33N3O2. The van der Waals surface area contributed by atoms with Gasteiger partial charge in [0.15, 0.2) is 0 Å². The summed E-state index contributed by atoms with van der Waals surface area (Å²) < 4.78 is 5.54. The van der Waals surface area contributed by atoms with Gasteiger partial charge in [-0.05, 0) is 58.4 Å². The molecule has 1 aliphatic carbocycles. The minimum atomic E-state index is -0.454. The van der Waals surface area contributed by atoms with Gasteiger partial charge in [-0.3, -0.25) is 4.90 Å². The van der Waals surface area contributed by atoms with E-state index in [2.05, 4.69) is 23.1 Å². The first-order chi connectivity index (χ1) is 13.3. The van der Waals surface area contributed by atoms with Crippen molar-refractivity contribution in [3.05, 3.63) is 35.9 Å². The van der Waals surface area contributed by atoms with Crippen LogP contribution in [-0.2, 0) is 10.2 Å². The molecule has 28 heavy (non-hydrogen) atoms. The lowest BCUT2D eigenvalue weighted by molar-refractivity contribution is 0.0253. The molecule has 1 saturated heterocycles. The molecule has 2 aliphatic rings. The van der Waals surface area contributed by atoms with Gasteiger partial charge in [0.05, 0.1) is 11.5 Å². The Balaban J connectivity index is 1.57. The van der Waals surface area contributed by atoms with Crippen molar-refractivity contribution in [3.63, 3.8) is 0 Å². The lowest BCUT2D eigenvalue weighted by atomic mass is 9.69. The van der Waals surface area contributed by atoms with Crippen LogP contribution in [0.1, 0.15) is 58.4 Å². The summed E-state index contributed by atoms with van der Waals surface area (Å²) in [6, 6.07) is 13.4. The summed E-state index contributed by atoms with van der Waals surface area (Å²) in [4.78, 5) is 16.7. The number of amides is 1. The highest BCUT2D eigenvalue weighted by atomic mass is 16.6. The molecule has 0 atom stereocenters. The second-order valence-electron chi connectivity index (χ2n) is 9.15. The number of hydrogen-bond acceptors (Lipinski definition) is 4. The molecule has 1 amide bonds. The second-order valence-corrected chi connectivity index (χ2v) is 9.15. The summed E-state index contributed by atoms with van der Waals surface area (Å²) in [7, 11) is 0. The third-order valence-corrected chi connectivity index (χ3v) is 6.05. The molecule has 5 nitrogen and oxygen atoms in total. The van der Waals surface area contributed by atoms with E-state index >= 15 is 0 Å². The minimum Gasteiger partial charge on any atom is -0.444 e. The van der Waals surface area contributed by atoms with Crippen molar-refractivity contribution < 1.29 is 9.53 Å². The Morgan fingerprint density at radius 3 is 2.39 bits per heavy atom. The maximum absolute atomic E-state index is 12.4. The predicted octanol–water partition coefficient (Wildman–Crippen LogP) is 4.33. The molecule has 1 aromatic rings. The molecule has 1 heterocycles. The molecule has 2 fully saturated rings. The standard InChI is InChI=1S/C23H33N3O2/c1-22(2,3)28-21(27)26-15-7-14-25(16-17-26)20-10-12-23(18-24,13-11-20)19-8-5-4-6-9-19/h4-6,8-9,20H,7,10-17H2,1-3H3. The summed E-state index contributed by atoms with van der Waals surface area (Å²) in [5, 5.41) is 9.90. The minimum absolute atomic E-state index is 0.203. The van der Waals surface area contributed by atoms with Crippen molar-refractivity contribution >= 4 is 6.09 Å². The fourth-order valence-corrected chi connectivity index (χ4v) is 4.49. The highest BCUT2D eigenvalue weighted by Gasteiger charge is 2.39. The molecule has 0 radical (unpaired) electrons. The van der Waals surface area contributed by atoms with Crippen LogP contribution < -0.4 is 0 Å². The first-order valence-corrected chi connectivity index (χ1v) is 10.5. The fourth-order valence-electron chi connectivity index (χ4n) is 4.49. The fraction of sp³-hybridized carbons (Fsp3) is 0.652. The smallest absolute Gasteiger partial charge is 0.410 e. The summed E-state index contributed by atoms with van der Waals surface area (Å²) in [6.07, 6.45) is 4.65. The molecular weight excluding hydrogens is 350 g/mol. The van der Waals surface area contributed by atoms with Crippen LogP contribution in [0, 0.1) is 11.3 Å². The number of ether oxygens (including phenoxy) is 1. The Kier molecular flexibility index (Phi) is 6.30. The molecule has 0 bridgehead atoms. The first kappa shape index (κ1) is 20.7. The molecule has 1 aliphatic heterocycles. The van der Waals surface area contributed by atoms with E-state index in [1.54, 1.807) is 0 Å². The lowest BCUT2D eigenvalue weighted by Crippen LogP contribution is -2.44. The summed E-state index contributed by atoms with van der Waals surface area (Å²) in [6.45, 7) is 9.09. The summed E-state index contributed by atoms with van der Waals surface area (Å²) in [5.41, 5.74) is 0.361. The van der Waals surface area contributed by atoms with Gasteiger partial charge in [-0.25, -0.2) is 4.79 Å².